The predicted octanol–water partition coefficient (Wildman–Crippen LogP) is -2.53. The number of aliphatic hydroxyl groups excluding tert-OH is 1. The number of nitrogens with zero attached hydrogens (tertiary/aromatic N) is 2. The molecule has 2 rings (SSSR count). The van der Waals surface area contributed by atoms with Crippen LogP contribution in [0.25, 0.3) is 0 Å². The van der Waals surface area contributed by atoms with Gasteiger partial charge < -0.3 is 19.5 Å². The van der Waals surface area contributed by atoms with Crippen molar-refractivity contribution in [3.05, 3.63) is 11.3 Å². The molecule has 2 amide bonds. The van der Waals surface area contributed by atoms with Crippen LogP contribution < -0.4 is 9.72 Å². The summed E-state index contributed by atoms with van der Waals surface area (Å²) < 4.78 is 26.4. The fourth-order valence-electron chi connectivity index (χ4n) is 3.71. The van der Waals surface area contributed by atoms with Crippen LogP contribution in [0.3, 0.4) is 0 Å². The number of carbonyl (C=O) groups is 3. The summed E-state index contributed by atoms with van der Waals surface area (Å²) in [6.45, 7) is 3.39. The number of nitrogens with one attached hydrogen (secondary N) is 2. The first-order chi connectivity index (χ1) is 13.1. The smallest absolute Gasteiger partial charge is 0.358 e. The van der Waals surface area contributed by atoms with Gasteiger partial charge in [0, 0.05) is 12.5 Å². The Morgan fingerprint density at radius 1 is 1.50 bits per heavy atom. The number of β-lactam (4-membered cyclic amide) rings is 1. The second-order valence-electron chi connectivity index (χ2n) is 6.82. The molecule has 0 aromatic carbocycles. The number of hydrogen-bond acceptors (Lipinski definition) is 8. The zero-order chi connectivity index (χ0) is 21.2. The summed E-state index contributed by atoms with van der Waals surface area (Å²) in [5.74, 6) is -2.47. The maximum Gasteiger partial charge on any atom is 0.358 e. The van der Waals surface area contributed by atoms with Crippen molar-refractivity contribution in [2.45, 2.75) is 26.0 Å². The van der Waals surface area contributed by atoms with E-state index in [9.17, 15) is 23.7 Å². The van der Waals surface area contributed by atoms with E-state index in [1.807, 2.05) is 11.6 Å². The molecule has 2 heterocycles. The second-order valence-corrected chi connectivity index (χ2v) is 8.43. The van der Waals surface area contributed by atoms with Gasteiger partial charge in [0.05, 0.1) is 24.6 Å². The molecule has 1 saturated heterocycles. The van der Waals surface area contributed by atoms with Crippen LogP contribution in [-0.2, 0) is 30.2 Å². The van der Waals surface area contributed by atoms with Crippen molar-refractivity contribution < 1.29 is 32.8 Å². The summed E-state index contributed by atoms with van der Waals surface area (Å²) >= 11 is -2.46. The van der Waals surface area contributed by atoms with Gasteiger partial charge in [0.2, 0.25) is 11.8 Å². The third kappa shape index (κ3) is 4.61. The van der Waals surface area contributed by atoms with E-state index >= 15 is 0 Å². The normalized spacial score (nSPS) is 26.4. The highest BCUT2D eigenvalue weighted by Gasteiger charge is 2.60. The van der Waals surface area contributed by atoms with E-state index in [-0.39, 0.29) is 45.6 Å². The van der Waals surface area contributed by atoms with Crippen LogP contribution in [0, 0.1) is 11.8 Å². The molecule has 2 aliphatic rings. The molecule has 1 fully saturated rings. The predicted molar refractivity (Wildman–Crippen MR) is 104 cm³/mol. The minimum absolute atomic E-state index is 0.139. The first kappa shape index (κ1) is 22.9. The van der Waals surface area contributed by atoms with Crippen molar-refractivity contribution in [1.29, 1.82) is 0 Å². The number of likely N-dealkylation sites (N-methyl/N-ethyl adjacent to an activating group) is 1. The van der Waals surface area contributed by atoms with Gasteiger partial charge in [-0.1, -0.05) is 6.92 Å². The van der Waals surface area contributed by atoms with E-state index < -0.39 is 35.2 Å². The Morgan fingerprint density at radius 3 is 2.68 bits per heavy atom. The summed E-state index contributed by atoms with van der Waals surface area (Å²) in [4.78, 5) is 42.4. The molecule has 14 heteroatoms. The van der Waals surface area contributed by atoms with Crippen molar-refractivity contribution in [2.24, 2.45) is 11.8 Å². The van der Waals surface area contributed by atoms with Gasteiger partial charge in [0.1, 0.15) is 14.7 Å². The maximum atomic E-state index is 12.6. The monoisotopic (exact) mass is 434 g/mol. The third-order valence-electron chi connectivity index (χ3n) is 4.81. The molecule has 0 saturated carbocycles. The molecule has 0 aromatic rings. The largest absolute Gasteiger partial charge is 0.428 e. The van der Waals surface area contributed by atoms with E-state index in [1.165, 1.54) is 11.8 Å². The van der Waals surface area contributed by atoms with Gasteiger partial charge in [0.15, 0.2) is 7.98 Å². The number of carbonyl (C=O) groups excluding carboxylic acids is 3. The first-order valence-electron chi connectivity index (χ1n) is 8.56. The van der Waals surface area contributed by atoms with Gasteiger partial charge in [-0.15, -0.1) is 0 Å². The van der Waals surface area contributed by atoms with Gasteiger partial charge in [-0.05, 0) is 19.5 Å². The van der Waals surface area contributed by atoms with Gasteiger partial charge in [0.25, 0.3) is 11.3 Å². The molecule has 2 aliphatic heterocycles. The van der Waals surface area contributed by atoms with Crippen LogP contribution in [0.15, 0.2) is 11.3 Å². The topological polar surface area (TPSA) is 149 Å². The van der Waals surface area contributed by atoms with Crippen molar-refractivity contribution in [3.8, 4) is 0 Å². The average molecular weight is 434 g/mol. The maximum absolute atomic E-state index is 12.6. The standard InChI is InChI=1S/C14H24BN4O7PS/c1-6-8(4-18(3)5-9(21)16-28(24)25)12(14(23)26-27-17-15)19-11(6)10(7(2)20)13(19)22/h6-7,10-11,17,20,27H,4-5,15H2,1-3H3,(H,16,21)(H,24,25)/t6-,7+,10+,11?/m0/s1. The van der Waals surface area contributed by atoms with Gasteiger partial charge in [-0.3, -0.25) is 23.8 Å². The number of fused-ring (bicyclic) bond motifs is 1. The van der Waals surface area contributed by atoms with Crippen LogP contribution in [-0.4, -0.2) is 81.7 Å². The quantitative estimate of drug-likeness (QED) is 0.133. The number of rotatable bonds is 9. The Bertz CT molecular complexity index is 722. The summed E-state index contributed by atoms with van der Waals surface area (Å²) in [5, 5.41) is 9.94. The van der Waals surface area contributed by atoms with Gasteiger partial charge >= 0.3 is 5.97 Å². The second kappa shape index (κ2) is 9.42. The molecule has 4 N–H and O–H groups in total. The number of hydrogen-bond donors (Lipinski definition) is 4. The lowest BCUT2D eigenvalue weighted by atomic mass is 9.77. The molecule has 0 radical (unpaired) electrons. The highest BCUT2D eigenvalue weighted by molar-refractivity contribution is 7.77. The van der Waals surface area contributed by atoms with Crippen LogP contribution in [0.5, 0.6) is 0 Å². The summed E-state index contributed by atoms with van der Waals surface area (Å²) in [6, 6.07) is -0.352. The highest BCUT2D eigenvalue weighted by atomic mass is 32.2. The van der Waals surface area contributed by atoms with Gasteiger partial charge in [-0.25, -0.2) is 9.00 Å². The molecular weight excluding hydrogens is 410 g/mol. The van der Waals surface area contributed by atoms with Crippen molar-refractivity contribution in [1.82, 2.24) is 19.5 Å². The number of amides is 2. The Labute approximate surface area is 168 Å². The van der Waals surface area contributed by atoms with Crippen molar-refractivity contribution >= 4 is 46.0 Å². The average Bonchev–Trinajstić information content (AvgIpc) is 2.80. The lowest BCUT2D eigenvalue weighted by Gasteiger charge is -2.46. The van der Waals surface area contributed by atoms with Crippen LogP contribution in [0.4, 0.5) is 0 Å². The molecule has 0 bridgehead atoms. The number of aliphatic hydroxyl groups is 1. The molecule has 0 spiro atoms. The van der Waals surface area contributed by atoms with Gasteiger partial charge in [-0.2, -0.15) is 0 Å². The molecule has 0 aliphatic carbocycles. The zero-order valence-electron chi connectivity index (χ0n) is 16.0. The lowest BCUT2D eigenvalue weighted by molar-refractivity contribution is -0.162. The fraction of sp³-hybridized carbons (Fsp3) is 0.643. The zero-order valence-corrected chi connectivity index (χ0v) is 17.8. The van der Waals surface area contributed by atoms with Crippen LogP contribution in [0.2, 0.25) is 0 Å². The van der Waals surface area contributed by atoms with Crippen molar-refractivity contribution in [2.75, 3.05) is 20.1 Å². The fourth-order valence-corrected chi connectivity index (χ4v) is 4.26. The highest BCUT2D eigenvalue weighted by Crippen LogP contribution is 2.47. The summed E-state index contributed by atoms with van der Waals surface area (Å²) in [7, 11) is 2.95. The molecule has 28 heavy (non-hydrogen) atoms. The SMILES string of the molecule is BNPOC(=O)C1=C(CN(C)CC(=O)NS(=O)O)[C@H](C)C2[C@@H]([C@@H](C)O)C(=O)N12. The molecule has 3 unspecified atom stereocenters. The Hall–Kier alpha value is -1.37. The van der Waals surface area contributed by atoms with E-state index in [0.29, 0.717) is 5.57 Å². The van der Waals surface area contributed by atoms with E-state index in [4.69, 9.17) is 9.08 Å². The van der Waals surface area contributed by atoms with E-state index in [2.05, 4.69) is 5.00 Å². The molecule has 0 aromatic heterocycles. The molecule has 156 valence electrons. The van der Waals surface area contributed by atoms with E-state index in [1.54, 1.807) is 19.9 Å². The molecular formula is C14H24BN4O7PS. The Kier molecular flexibility index (Phi) is 7.71. The lowest BCUT2D eigenvalue weighted by Crippen LogP contribution is -2.63. The van der Waals surface area contributed by atoms with Crippen molar-refractivity contribution in [3.63, 3.8) is 0 Å². The van der Waals surface area contributed by atoms with Crippen LogP contribution in [0.1, 0.15) is 13.8 Å². The molecule has 11 nitrogen and oxygen atoms in total. The Morgan fingerprint density at radius 2 is 2.14 bits per heavy atom. The molecule has 6 atom stereocenters. The van der Waals surface area contributed by atoms with E-state index in [0.717, 1.165) is 0 Å². The Balaban J connectivity index is 2.24. The minimum atomic E-state index is -2.46. The first-order valence-corrected chi connectivity index (χ1v) is 10.6. The van der Waals surface area contributed by atoms with Crippen LogP contribution >= 0.6 is 8.96 Å². The summed E-state index contributed by atoms with van der Waals surface area (Å²) in [5.41, 5.74) is 0.757. The summed E-state index contributed by atoms with van der Waals surface area (Å²) in [6.07, 6.45) is -0.852. The third-order valence-corrected chi connectivity index (χ3v) is 5.70. The minimum Gasteiger partial charge on any atom is -0.428 e.